The lowest BCUT2D eigenvalue weighted by atomic mass is 10.2. The van der Waals surface area contributed by atoms with Crippen molar-refractivity contribution in [1.82, 2.24) is 4.98 Å². The zero-order chi connectivity index (χ0) is 17.9. The summed E-state index contributed by atoms with van der Waals surface area (Å²) in [5, 5.41) is 13.8. The van der Waals surface area contributed by atoms with Gasteiger partial charge in [0, 0.05) is 11.4 Å². The maximum Gasteiger partial charge on any atom is 0.406 e. The van der Waals surface area contributed by atoms with Gasteiger partial charge in [0.1, 0.15) is 5.69 Å². The smallest absolute Gasteiger partial charge is 0.406 e. The Hall–Kier alpha value is -2.48. The van der Waals surface area contributed by atoms with Crippen LogP contribution < -0.4 is 10.1 Å². The highest BCUT2D eigenvalue weighted by Crippen LogP contribution is 2.27. The van der Waals surface area contributed by atoms with Crippen molar-refractivity contribution in [3.05, 3.63) is 56.2 Å². The molecule has 0 saturated carbocycles. The van der Waals surface area contributed by atoms with Crippen LogP contribution in [0.1, 0.15) is 18.2 Å². The van der Waals surface area contributed by atoms with Crippen LogP contribution in [0.15, 0.2) is 34.8 Å². The number of benzene rings is 1. The fourth-order valence-corrected chi connectivity index (χ4v) is 2.55. The van der Waals surface area contributed by atoms with Gasteiger partial charge in [0.2, 0.25) is 5.75 Å². The van der Waals surface area contributed by atoms with Crippen LogP contribution in [0.25, 0.3) is 0 Å². The molecule has 0 radical (unpaired) electrons. The van der Waals surface area contributed by atoms with Crippen molar-refractivity contribution >= 4 is 33.3 Å². The summed E-state index contributed by atoms with van der Waals surface area (Å²) >= 11 is 3.38. The Morgan fingerprint density at radius 2 is 2.04 bits per heavy atom. The molecular weight excluding hydrogens is 378 g/mol. The van der Waals surface area contributed by atoms with Crippen molar-refractivity contribution in [3.63, 3.8) is 0 Å². The maximum atomic E-state index is 12.3. The molecule has 2 aromatic rings. The number of nitrogens with one attached hydrogen (secondary N) is 1. The number of aryl methyl sites for hydroxylation is 2. The van der Waals surface area contributed by atoms with Gasteiger partial charge in [-0.2, -0.15) is 0 Å². The van der Waals surface area contributed by atoms with Crippen molar-refractivity contribution in [2.45, 2.75) is 26.9 Å². The first-order valence-electron chi connectivity index (χ1n) is 7.13. The first-order chi connectivity index (χ1) is 11.3. The van der Waals surface area contributed by atoms with Crippen molar-refractivity contribution in [2.24, 2.45) is 0 Å². The van der Waals surface area contributed by atoms with Gasteiger partial charge in [0.25, 0.3) is 5.91 Å². The molecule has 8 heteroatoms. The van der Waals surface area contributed by atoms with Crippen LogP contribution in [-0.4, -0.2) is 21.9 Å². The van der Waals surface area contributed by atoms with Crippen LogP contribution in [0.5, 0.6) is 5.75 Å². The lowest BCUT2D eigenvalue weighted by molar-refractivity contribution is -0.390. The van der Waals surface area contributed by atoms with Gasteiger partial charge >= 0.3 is 5.82 Å². The van der Waals surface area contributed by atoms with E-state index in [0.717, 1.165) is 10.0 Å². The molecule has 1 atom stereocenters. The molecule has 0 aliphatic rings. The summed E-state index contributed by atoms with van der Waals surface area (Å²) in [4.78, 5) is 26.5. The molecule has 24 heavy (non-hydrogen) atoms. The molecular formula is C16H16BrN3O4. The summed E-state index contributed by atoms with van der Waals surface area (Å²) in [5.41, 5.74) is 2.14. The van der Waals surface area contributed by atoms with Crippen molar-refractivity contribution in [3.8, 4) is 5.75 Å². The number of pyridine rings is 1. The van der Waals surface area contributed by atoms with E-state index in [1.54, 1.807) is 19.1 Å². The zero-order valence-electron chi connectivity index (χ0n) is 13.4. The molecule has 0 spiro atoms. The number of ether oxygens (including phenoxy) is 1. The molecule has 1 aromatic heterocycles. The summed E-state index contributed by atoms with van der Waals surface area (Å²) in [6.45, 7) is 5.09. The van der Waals surface area contributed by atoms with Gasteiger partial charge in [-0.15, -0.1) is 0 Å². The van der Waals surface area contributed by atoms with E-state index in [1.807, 2.05) is 19.1 Å². The zero-order valence-corrected chi connectivity index (χ0v) is 15.0. The average molecular weight is 394 g/mol. The maximum absolute atomic E-state index is 12.3. The molecule has 1 heterocycles. The summed E-state index contributed by atoms with van der Waals surface area (Å²) in [6.07, 6.45) is -0.929. The highest BCUT2D eigenvalue weighted by atomic mass is 79.9. The number of nitrogens with zero attached hydrogens (tertiary/aromatic N) is 2. The van der Waals surface area contributed by atoms with E-state index < -0.39 is 22.8 Å². The SMILES string of the molecule is Cc1ccc(NC(=O)[C@H](C)Oc2ccc(C)nc2[N+](=O)[O-])c(Br)c1. The monoisotopic (exact) mass is 393 g/mol. The minimum atomic E-state index is -0.929. The minimum absolute atomic E-state index is 0.0452. The van der Waals surface area contributed by atoms with Crippen LogP contribution in [-0.2, 0) is 4.79 Å². The Balaban J connectivity index is 2.13. The molecule has 1 N–H and O–H groups in total. The number of halogens is 1. The fraction of sp³-hybridized carbons (Fsp3) is 0.250. The van der Waals surface area contributed by atoms with Gasteiger partial charge in [0.15, 0.2) is 6.10 Å². The van der Waals surface area contributed by atoms with Gasteiger partial charge in [0.05, 0.1) is 5.69 Å². The Labute approximate surface area is 147 Å². The molecule has 7 nitrogen and oxygen atoms in total. The number of nitro groups is 1. The van der Waals surface area contributed by atoms with E-state index in [2.05, 4.69) is 26.2 Å². The van der Waals surface area contributed by atoms with E-state index in [-0.39, 0.29) is 5.75 Å². The fourth-order valence-electron chi connectivity index (χ4n) is 1.95. The second kappa shape index (κ2) is 7.39. The third-order valence-electron chi connectivity index (χ3n) is 3.21. The highest BCUT2D eigenvalue weighted by Gasteiger charge is 2.23. The van der Waals surface area contributed by atoms with Crippen LogP contribution in [0, 0.1) is 24.0 Å². The quantitative estimate of drug-likeness (QED) is 0.615. The van der Waals surface area contributed by atoms with Crippen molar-refractivity contribution in [2.75, 3.05) is 5.32 Å². The molecule has 1 amide bonds. The normalized spacial score (nSPS) is 11.7. The van der Waals surface area contributed by atoms with Crippen LogP contribution in [0.3, 0.4) is 0 Å². The van der Waals surface area contributed by atoms with Crippen molar-refractivity contribution < 1.29 is 14.5 Å². The van der Waals surface area contributed by atoms with E-state index in [0.29, 0.717) is 11.4 Å². The lowest BCUT2D eigenvalue weighted by Crippen LogP contribution is -2.30. The number of hydrogen-bond acceptors (Lipinski definition) is 5. The van der Waals surface area contributed by atoms with Gasteiger partial charge in [-0.1, -0.05) is 6.07 Å². The third kappa shape index (κ3) is 4.29. The van der Waals surface area contributed by atoms with Gasteiger partial charge in [-0.25, -0.2) is 0 Å². The number of rotatable bonds is 5. The Kier molecular flexibility index (Phi) is 5.50. The number of hydrogen-bond donors (Lipinski definition) is 1. The summed E-state index contributed by atoms with van der Waals surface area (Å²) in [6, 6.07) is 8.52. The van der Waals surface area contributed by atoms with Gasteiger partial charge < -0.3 is 20.2 Å². The molecule has 0 fully saturated rings. The Bertz CT molecular complexity index is 795. The summed E-state index contributed by atoms with van der Waals surface area (Å²) in [7, 11) is 0. The van der Waals surface area contributed by atoms with E-state index in [4.69, 9.17) is 4.74 Å². The molecule has 0 aliphatic heterocycles. The minimum Gasteiger partial charge on any atom is -0.473 e. The standard InChI is InChI=1S/C16H16BrN3O4/c1-9-4-6-13(12(17)8-9)19-16(21)11(3)24-14-7-5-10(2)18-15(14)20(22)23/h4-8,11H,1-3H3,(H,19,21)/t11-/m0/s1. The molecule has 0 saturated heterocycles. The third-order valence-corrected chi connectivity index (χ3v) is 3.86. The second-order valence-electron chi connectivity index (χ2n) is 5.26. The Morgan fingerprint density at radius 1 is 1.33 bits per heavy atom. The van der Waals surface area contributed by atoms with Crippen molar-refractivity contribution in [1.29, 1.82) is 0 Å². The molecule has 0 unspecified atom stereocenters. The number of aromatic nitrogens is 1. The number of anilines is 1. The number of carbonyl (C=O) groups is 1. The van der Waals surface area contributed by atoms with Crippen LogP contribution >= 0.6 is 15.9 Å². The predicted octanol–water partition coefficient (Wildman–Crippen LogP) is 3.78. The predicted molar refractivity (Wildman–Crippen MR) is 93.2 cm³/mol. The molecule has 1 aromatic carbocycles. The van der Waals surface area contributed by atoms with E-state index >= 15 is 0 Å². The lowest BCUT2D eigenvalue weighted by Gasteiger charge is -2.15. The van der Waals surface area contributed by atoms with E-state index in [9.17, 15) is 14.9 Å². The first kappa shape index (κ1) is 17.9. The van der Waals surface area contributed by atoms with E-state index in [1.165, 1.54) is 13.0 Å². The summed E-state index contributed by atoms with van der Waals surface area (Å²) < 4.78 is 6.17. The topological polar surface area (TPSA) is 94.4 Å². The molecule has 2 rings (SSSR count). The van der Waals surface area contributed by atoms with Crippen LogP contribution in [0.4, 0.5) is 11.5 Å². The molecule has 126 valence electrons. The second-order valence-corrected chi connectivity index (χ2v) is 6.12. The van der Waals surface area contributed by atoms with Gasteiger partial charge in [-0.3, -0.25) is 4.79 Å². The largest absolute Gasteiger partial charge is 0.473 e. The molecule has 0 bridgehead atoms. The number of carbonyl (C=O) groups excluding carboxylic acids is 1. The average Bonchev–Trinajstić information content (AvgIpc) is 2.51. The summed E-state index contributed by atoms with van der Waals surface area (Å²) in [5.74, 6) is -0.878. The van der Waals surface area contributed by atoms with Crippen LogP contribution in [0.2, 0.25) is 0 Å². The number of amides is 1. The first-order valence-corrected chi connectivity index (χ1v) is 7.93. The highest BCUT2D eigenvalue weighted by molar-refractivity contribution is 9.10. The Morgan fingerprint density at radius 3 is 2.67 bits per heavy atom. The molecule has 0 aliphatic carbocycles. The van der Waals surface area contributed by atoms with Gasteiger partial charge in [-0.05, 0) is 69.5 Å².